The molecule has 2 aromatic carbocycles. The maximum absolute atomic E-state index is 4.15. The van der Waals surface area contributed by atoms with Gasteiger partial charge in [-0.2, -0.15) is 0 Å². The van der Waals surface area contributed by atoms with E-state index in [1.54, 1.807) is 0 Å². The summed E-state index contributed by atoms with van der Waals surface area (Å²) >= 11 is 0. The van der Waals surface area contributed by atoms with Gasteiger partial charge in [0.15, 0.2) is 0 Å². The molecular weight excluding hydrogens is 358 g/mol. The summed E-state index contributed by atoms with van der Waals surface area (Å²) in [5.74, 6) is 0. The Morgan fingerprint density at radius 1 is 1.00 bits per heavy atom. The van der Waals surface area contributed by atoms with Crippen LogP contribution in [0.4, 0.5) is 11.4 Å². The average molecular weight is 390 g/mol. The van der Waals surface area contributed by atoms with Gasteiger partial charge in [0.05, 0.1) is 6.33 Å². The third-order valence-corrected chi connectivity index (χ3v) is 5.71. The van der Waals surface area contributed by atoms with Crippen molar-refractivity contribution in [3.05, 3.63) is 72.3 Å². The average Bonchev–Trinajstić information content (AvgIpc) is 3.28. The minimum absolute atomic E-state index is 0.829. The van der Waals surface area contributed by atoms with Crippen molar-refractivity contribution in [2.24, 2.45) is 0 Å². The first-order valence-electron chi connectivity index (χ1n) is 10.6. The Morgan fingerprint density at radius 3 is 2.55 bits per heavy atom. The minimum Gasteiger partial charge on any atom is -0.381 e. The molecule has 3 aromatic rings. The normalized spacial score (nSPS) is 14.9. The molecule has 5 heteroatoms. The molecule has 1 fully saturated rings. The highest BCUT2D eigenvalue weighted by atomic mass is 15.3. The first-order valence-corrected chi connectivity index (χ1v) is 10.6. The highest BCUT2D eigenvalue weighted by molar-refractivity contribution is 5.58. The number of benzene rings is 2. The molecule has 152 valence electrons. The monoisotopic (exact) mass is 389 g/mol. The third kappa shape index (κ3) is 4.62. The van der Waals surface area contributed by atoms with Crippen molar-refractivity contribution in [1.29, 1.82) is 0 Å². The summed E-state index contributed by atoms with van der Waals surface area (Å²) in [6.45, 7) is 11.0. The van der Waals surface area contributed by atoms with Crippen LogP contribution in [0.2, 0.25) is 0 Å². The Hall–Kier alpha value is -2.79. The van der Waals surface area contributed by atoms with Crippen molar-refractivity contribution >= 4 is 11.4 Å². The molecular formula is C24H31N5. The van der Waals surface area contributed by atoms with Gasteiger partial charge in [-0.05, 0) is 55.3 Å². The quantitative estimate of drug-likeness (QED) is 0.653. The smallest absolute Gasteiger partial charge is 0.0991 e. The number of hydrogen-bond acceptors (Lipinski definition) is 4. The van der Waals surface area contributed by atoms with Crippen molar-refractivity contribution in [3.63, 3.8) is 0 Å². The lowest BCUT2D eigenvalue weighted by molar-refractivity contribution is 0.258. The fourth-order valence-corrected chi connectivity index (χ4v) is 4.15. The van der Waals surface area contributed by atoms with Gasteiger partial charge in [-0.15, -0.1) is 0 Å². The van der Waals surface area contributed by atoms with E-state index in [0.717, 1.165) is 38.4 Å². The fourth-order valence-electron chi connectivity index (χ4n) is 4.15. The maximum atomic E-state index is 4.15. The van der Waals surface area contributed by atoms with E-state index in [1.807, 2.05) is 23.3 Å². The summed E-state index contributed by atoms with van der Waals surface area (Å²) in [5, 5.41) is 3.62. The van der Waals surface area contributed by atoms with Gasteiger partial charge in [0.25, 0.3) is 0 Å². The molecule has 1 saturated heterocycles. The Morgan fingerprint density at radius 2 is 1.83 bits per heavy atom. The number of nitrogens with zero attached hydrogens (tertiary/aromatic N) is 4. The summed E-state index contributed by atoms with van der Waals surface area (Å²) in [6.07, 6.45) is 6.86. The molecule has 1 aliphatic rings. The van der Waals surface area contributed by atoms with Crippen LogP contribution in [-0.4, -0.2) is 47.2 Å². The number of anilines is 2. The summed E-state index contributed by atoms with van der Waals surface area (Å²) < 4.78 is 2.05. The van der Waals surface area contributed by atoms with E-state index in [4.69, 9.17) is 0 Å². The van der Waals surface area contributed by atoms with Crippen LogP contribution in [0.1, 0.15) is 24.5 Å². The number of nitrogens with one attached hydrogen (secondary N) is 1. The molecule has 5 nitrogen and oxygen atoms in total. The lowest BCUT2D eigenvalue weighted by Gasteiger charge is -2.37. The summed E-state index contributed by atoms with van der Waals surface area (Å²) in [6, 6.07) is 15.3. The summed E-state index contributed by atoms with van der Waals surface area (Å²) in [7, 11) is 0. The maximum Gasteiger partial charge on any atom is 0.0991 e. The van der Waals surface area contributed by atoms with Crippen molar-refractivity contribution in [2.75, 3.05) is 42.9 Å². The predicted molar refractivity (Wildman–Crippen MR) is 121 cm³/mol. The number of aryl methyl sites for hydroxylation is 1. The highest BCUT2D eigenvalue weighted by Gasteiger charge is 2.18. The van der Waals surface area contributed by atoms with Crippen molar-refractivity contribution < 1.29 is 0 Å². The van der Waals surface area contributed by atoms with Crippen LogP contribution in [0, 0.1) is 6.92 Å². The number of para-hydroxylation sites is 1. The van der Waals surface area contributed by atoms with Gasteiger partial charge < -0.3 is 14.8 Å². The van der Waals surface area contributed by atoms with E-state index < -0.39 is 0 Å². The Balaban J connectivity index is 1.42. The van der Waals surface area contributed by atoms with E-state index in [9.17, 15) is 0 Å². The topological polar surface area (TPSA) is 36.3 Å². The van der Waals surface area contributed by atoms with Gasteiger partial charge in [0.2, 0.25) is 0 Å². The standard InChI is InChI=1S/C24H31N5/c1-3-11-27-13-15-28(16-14-27)24-7-5-4-6-21(24)18-26-22-8-9-23(20(2)17-22)29-12-10-25-19-29/h4-10,12,17,19,26H,3,11,13-16,18H2,1-2H3. The second-order valence-corrected chi connectivity index (χ2v) is 7.78. The van der Waals surface area contributed by atoms with E-state index in [-0.39, 0.29) is 0 Å². The number of hydrogen-bond donors (Lipinski definition) is 1. The number of rotatable bonds is 7. The zero-order valence-corrected chi connectivity index (χ0v) is 17.5. The third-order valence-electron chi connectivity index (χ3n) is 5.71. The zero-order chi connectivity index (χ0) is 20.1. The number of piperazine rings is 1. The molecule has 0 atom stereocenters. The van der Waals surface area contributed by atoms with Gasteiger partial charge in [0, 0.05) is 62.2 Å². The molecule has 0 spiro atoms. The second-order valence-electron chi connectivity index (χ2n) is 7.78. The predicted octanol–water partition coefficient (Wildman–Crippen LogP) is 4.32. The molecule has 1 aromatic heterocycles. The van der Waals surface area contributed by atoms with Gasteiger partial charge in [-0.25, -0.2) is 4.98 Å². The van der Waals surface area contributed by atoms with Crippen LogP contribution in [0.5, 0.6) is 0 Å². The molecule has 0 amide bonds. The second kappa shape index (κ2) is 9.14. The summed E-state index contributed by atoms with van der Waals surface area (Å²) in [5.41, 5.74) is 6.26. The van der Waals surface area contributed by atoms with Crippen molar-refractivity contribution in [2.45, 2.75) is 26.8 Å². The first-order chi connectivity index (χ1) is 14.2. The molecule has 1 aliphatic heterocycles. The van der Waals surface area contributed by atoms with E-state index in [1.165, 1.54) is 35.5 Å². The zero-order valence-electron chi connectivity index (χ0n) is 17.5. The van der Waals surface area contributed by atoms with Gasteiger partial charge in [-0.1, -0.05) is 25.1 Å². The Labute approximate surface area is 174 Å². The SMILES string of the molecule is CCCN1CCN(c2ccccc2CNc2ccc(-n3ccnc3)c(C)c2)CC1. The Bertz CT molecular complexity index is 911. The number of imidazole rings is 1. The molecule has 4 rings (SSSR count). The van der Waals surface area contributed by atoms with E-state index in [0.29, 0.717) is 0 Å². The molecule has 1 N–H and O–H groups in total. The van der Waals surface area contributed by atoms with Crippen LogP contribution in [0.3, 0.4) is 0 Å². The van der Waals surface area contributed by atoms with Crippen LogP contribution >= 0.6 is 0 Å². The molecule has 0 unspecified atom stereocenters. The fraction of sp³-hybridized carbons (Fsp3) is 0.375. The van der Waals surface area contributed by atoms with E-state index >= 15 is 0 Å². The molecule has 0 saturated carbocycles. The molecule has 29 heavy (non-hydrogen) atoms. The molecule has 0 aliphatic carbocycles. The number of aromatic nitrogens is 2. The van der Waals surface area contributed by atoms with E-state index in [2.05, 4.69) is 76.4 Å². The van der Waals surface area contributed by atoms with Crippen molar-refractivity contribution in [3.8, 4) is 5.69 Å². The molecule has 2 heterocycles. The van der Waals surface area contributed by atoms with Gasteiger partial charge in [0.1, 0.15) is 0 Å². The van der Waals surface area contributed by atoms with Crippen LogP contribution in [-0.2, 0) is 6.54 Å². The van der Waals surface area contributed by atoms with Crippen LogP contribution < -0.4 is 10.2 Å². The molecule has 0 bridgehead atoms. The molecule has 0 radical (unpaired) electrons. The van der Waals surface area contributed by atoms with Gasteiger partial charge >= 0.3 is 0 Å². The highest BCUT2D eigenvalue weighted by Crippen LogP contribution is 2.24. The Kier molecular flexibility index (Phi) is 6.15. The first kappa shape index (κ1) is 19.5. The van der Waals surface area contributed by atoms with Crippen molar-refractivity contribution in [1.82, 2.24) is 14.5 Å². The van der Waals surface area contributed by atoms with Gasteiger partial charge in [-0.3, -0.25) is 4.90 Å². The summed E-state index contributed by atoms with van der Waals surface area (Å²) in [4.78, 5) is 9.26. The minimum atomic E-state index is 0.829. The largest absolute Gasteiger partial charge is 0.381 e. The van der Waals surface area contributed by atoms with Crippen LogP contribution in [0.15, 0.2) is 61.2 Å². The lowest BCUT2D eigenvalue weighted by Crippen LogP contribution is -2.46. The lowest BCUT2D eigenvalue weighted by atomic mass is 10.1. The van der Waals surface area contributed by atoms with Crippen LogP contribution in [0.25, 0.3) is 5.69 Å².